The van der Waals surface area contributed by atoms with Crippen molar-refractivity contribution in [3.05, 3.63) is 64.2 Å². The monoisotopic (exact) mass is 375 g/mol. The van der Waals surface area contributed by atoms with E-state index in [0.717, 1.165) is 11.1 Å². The molecule has 0 bridgehead atoms. The van der Waals surface area contributed by atoms with Gasteiger partial charge in [0.25, 0.3) is 5.91 Å². The minimum absolute atomic E-state index is 0.168. The van der Waals surface area contributed by atoms with Crippen LogP contribution in [0, 0.1) is 6.92 Å². The predicted molar refractivity (Wildman–Crippen MR) is 100 cm³/mol. The number of hydrogen-bond acceptors (Lipinski definition) is 4. The molecule has 0 fully saturated rings. The molecule has 0 aliphatic rings. The summed E-state index contributed by atoms with van der Waals surface area (Å²) in [6.45, 7) is 5.53. The molecule has 2 N–H and O–H groups in total. The lowest BCUT2D eigenvalue weighted by Gasteiger charge is -2.17. The Morgan fingerprint density at radius 2 is 1.81 bits per heavy atom. The van der Waals surface area contributed by atoms with Gasteiger partial charge in [-0.2, -0.15) is 0 Å². The van der Waals surface area contributed by atoms with E-state index >= 15 is 0 Å². The number of ether oxygens (including phenoxy) is 2. The van der Waals surface area contributed by atoms with Crippen molar-refractivity contribution >= 4 is 23.5 Å². The summed E-state index contributed by atoms with van der Waals surface area (Å²) in [5.74, 6) is -0.689. The standard InChI is InChI=1S/C20H22ClNO4/c1-12(2)15-10-16(21)13(3)9-17(15)25-11-18(23)26-19(20(22)24)14-7-5-4-6-8-14/h4-10,12,19H,11H2,1-3H3,(H2,22,24). The first-order valence-electron chi connectivity index (χ1n) is 8.26. The van der Waals surface area contributed by atoms with Crippen LogP contribution in [0.4, 0.5) is 0 Å². The maximum absolute atomic E-state index is 12.2. The van der Waals surface area contributed by atoms with Crippen molar-refractivity contribution in [2.24, 2.45) is 5.73 Å². The van der Waals surface area contributed by atoms with E-state index in [1.54, 1.807) is 36.4 Å². The van der Waals surface area contributed by atoms with Crippen molar-refractivity contribution in [3.63, 3.8) is 0 Å². The highest BCUT2D eigenvalue weighted by molar-refractivity contribution is 6.31. The summed E-state index contributed by atoms with van der Waals surface area (Å²) in [4.78, 5) is 23.8. The number of halogens is 1. The van der Waals surface area contributed by atoms with Gasteiger partial charge in [0.15, 0.2) is 6.61 Å². The Bertz CT molecular complexity index is 790. The van der Waals surface area contributed by atoms with Crippen LogP contribution in [0.2, 0.25) is 5.02 Å². The van der Waals surface area contributed by atoms with Gasteiger partial charge >= 0.3 is 5.97 Å². The third kappa shape index (κ3) is 4.99. The molecule has 1 atom stereocenters. The summed E-state index contributed by atoms with van der Waals surface area (Å²) in [6.07, 6.45) is -1.15. The highest BCUT2D eigenvalue weighted by atomic mass is 35.5. The summed E-state index contributed by atoms with van der Waals surface area (Å²) in [6, 6.07) is 12.2. The zero-order chi connectivity index (χ0) is 19.3. The predicted octanol–water partition coefficient (Wildman–Crippen LogP) is 3.92. The van der Waals surface area contributed by atoms with Gasteiger partial charge in [0.2, 0.25) is 6.10 Å². The van der Waals surface area contributed by atoms with Crippen molar-refractivity contribution < 1.29 is 19.1 Å². The third-order valence-corrected chi connectivity index (χ3v) is 4.28. The molecule has 2 rings (SSSR count). The van der Waals surface area contributed by atoms with Crippen molar-refractivity contribution in [2.75, 3.05) is 6.61 Å². The molecule has 2 aromatic carbocycles. The molecular weight excluding hydrogens is 354 g/mol. The highest BCUT2D eigenvalue weighted by Gasteiger charge is 2.23. The molecule has 5 nitrogen and oxygen atoms in total. The normalized spacial score (nSPS) is 11.9. The third-order valence-electron chi connectivity index (χ3n) is 3.87. The van der Waals surface area contributed by atoms with Gasteiger partial charge in [-0.05, 0) is 36.1 Å². The second-order valence-corrected chi connectivity index (χ2v) is 6.67. The first-order chi connectivity index (χ1) is 12.3. The number of hydrogen-bond donors (Lipinski definition) is 1. The van der Waals surface area contributed by atoms with Crippen LogP contribution in [0.15, 0.2) is 42.5 Å². The van der Waals surface area contributed by atoms with E-state index in [1.807, 2.05) is 26.8 Å². The first kappa shape index (κ1) is 19.8. The topological polar surface area (TPSA) is 78.6 Å². The van der Waals surface area contributed by atoms with Crippen molar-refractivity contribution in [3.8, 4) is 5.75 Å². The van der Waals surface area contributed by atoms with Crippen molar-refractivity contribution in [2.45, 2.75) is 32.8 Å². The molecule has 0 heterocycles. The first-order valence-corrected chi connectivity index (χ1v) is 8.64. The molecule has 0 radical (unpaired) electrons. The zero-order valence-electron chi connectivity index (χ0n) is 15.0. The van der Waals surface area contributed by atoms with E-state index in [9.17, 15) is 9.59 Å². The number of carbonyl (C=O) groups is 2. The summed E-state index contributed by atoms with van der Waals surface area (Å²) in [5.41, 5.74) is 7.60. The summed E-state index contributed by atoms with van der Waals surface area (Å²) >= 11 is 6.17. The van der Waals surface area contributed by atoms with E-state index in [2.05, 4.69) is 0 Å². The fraction of sp³-hybridized carbons (Fsp3) is 0.300. The van der Waals surface area contributed by atoms with Gasteiger partial charge in [0, 0.05) is 10.6 Å². The van der Waals surface area contributed by atoms with Gasteiger partial charge < -0.3 is 15.2 Å². The summed E-state index contributed by atoms with van der Waals surface area (Å²) in [5, 5.41) is 0.640. The van der Waals surface area contributed by atoms with Crippen LogP contribution in [0.25, 0.3) is 0 Å². The molecule has 1 amide bonds. The Hall–Kier alpha value is -2.53. The van der Waals surface area contributed by atoms with Crippen LogP contribution in [-0.2, 0) is 14.3 Å². The molecule has 2 aromatic rings. The number of carbonyl (C=O) groups excluding carboxylic acids is 2. The Morgan fingerprint density at radius 3 is 2.38 bits per heavy atom. The fourth-order valence-corrected chi connectivity index (χ4v) is 2.64. The molecule has 0 aromatic heterocycles. The van der Waals surface area contributed by atoms with Gasteiger partial charge in [-0.1, -0.05) is 55.8 Å². The van der Waals surface area contributed by atoms with Gasteiger partial charge in [0.1, 0.15) is 5.75 Å². The Balaban J connectivity index is 2.09. The van der Waals surface area contributed by atoms with Gasteiger partial charge in [-0.25, -0.2) is 4.79 Å². The van der Waals surface area contributed by atoms with Crippen LogP contribution >= 0.6 is 11.6 Å². The average Bonchev–Trinajstić information content (AvgIpc) is 2.60. The second kappa shape index (κ2) is 8.72. The lowest BCUT2D eigenvalue weighted by atomic mass is 10.0. The minimum Gasteiger partial charge on any atom is -0.482 e. The number of amides is 1. The largest absolute Gasteiger partial charge is 0.482 e. The van der Waals surface area contributed by atoms with E-state index in [1.165, 1.54) is 0 Å². The number of rotatable bonds is 7. The van der Waals surface area contributed by atoms with E-state index in [0.29, 0.717) is 16.3 Å². The fourth-order valence-electron chi connectivity index (χ4n) is 2.47. The van der Waals surface area contributed by atoms with E-state index < -0.39 is 18.0 Å². The number of primary amides is 1. The van der Waals surface area contributed by atoms with Gasteiger partial charge in [-0.3, -0.25) is 4.79 Å². The van der Waals surface area contributed by atoms with E-state index in [4.69, 9.17) is 26.8 Å². The Morgan fingerprint density at radius 1 is 1.15 bits per heavy atom. The number of nitrogens with two attached hydrogens (primary N) is 1. The summed E-state index contributed by atoms with van der Waals surface area (Å²) < 4.78 is 10.8. The van der Waals surface area contributed by atoms with E-state index in [-0.39, 0.29) is 12.5 Å². The molecule has 0 aliphatic carbocycles. The minimum atomic E-state index is -1.15. The van der Waals surface area contributed by atoms with Crippen LogP contribution in [-0.4, -0.2) is 18.5 Å². The second-order valence-electron chi connectivity index (χ2n) is 6.27. The highest BCUT2D eigenvalue weighted by Crippen LogP contribution is 2.32. The lowest BCUT2D eigenvalue weighted by Crippen LogP contribution is -2.28. The maximum atomic E-state index is 12.2. The molecule has 0 aliphatic heterocycles. The molecule has 0 saturated carbocycles. The molecule has 26 heavy (non-hydrogen) atoms. The number of benzene rings is 2. The van der Waals surface area contributed by atoms with Crippen molar-refractivity contribution in [1.82, 2.24) is 0 Å². The number of aryl methyl sites for hydroxylation is 1. The average molecular weight is 376 g/mol. The molecule has 0 saturated heterocycles. The van der Waals surface area contributed by atoms with Crippen LogP contribution in [0.1, 0.15) is 42.6 Å². The number of esters is 1. The van der Waals surface area contributed by atoms with Crippen LogP contribution < -0.4 is 10.5 Å². The Labute approximate surface area is 158 Å². The Kier molecular flexibility index (Phi) is 6.64. The SMILES string of the molecule is Cc1cc(OCC(=O)OC(C(N)=O)c2ccccc2)c(C(C)C)cc1Cl. The zero-order valence-corrected chi connectivity index (χ0v) is 15.7. The van der Waals surface area contributed by atoms with Gasteiger partial charge in [0.05, 0.1) is 0 Å². The lowest BCUT2D eigenvalue weighted by molar-refractivity contribution is -0.157. The molecular formula is C20H22ClNO4. The summed E-state index contributed by atoms with van der Waals surface area (Å²) in [7, 11) is 0. The van der Waals surface area contributed by atoms with Gasteiger partial charge in [-0.15, -0.1) is 0 Å². The molecule has 0 spiro atoms. The molecule has 138 valence electrons. The maximum Gasteiger partial charge on any atom is 0.345 e. The molecule has 6 heteroatoms. The van der Waals surface area contributed by atoms with Crippen LogP contribution in [0.5, 0.6) is 5.75 Å². The quantitative estimate of drug-likeness (QED) is 0.744. The van der Waals surface area contributed by atoms with Crippen LogP contribution in [0.3, 0.4) is 0 Å². The molecule has 1 unspecified atom stereocenters. The smallest absolute Gasteiger partial charge is 0.345 e. The van der Waals surface area contributed by atoms with Crippen molar-refractivity contribution in [1.29, 1.82) is 0 Å².